The SMILES string of the molecule is O=C(c1cc(Br)ccc1Cl)N(CC1CCNCC1)C1CC1. The molecule has 5 heteroatoms. The predicted molar refractivity (Wildman–Crippen MR) is 88.8 cm³/mol. The van der Waals surface area contributed by atoms with Crippen molar-refractivity contribution in [2.24, 2.45) is 5.92 Å². The van der Waals surface area contributed by atoms with Crippen LogP contribution in [0.25, 0.3) is 0 Å². The maximum atomic E-state index is 12.9. The van der Waals surface area contributed by atoms with Gasteiger partial charge in [0.2, 0.25) is 0 Å². The van der Waals surface area contributed by atoms with Crippen molar-refractivity contribution in [2.75, 3.05) is 19.6 Å². The summed E-state index contributed by atoms with van der Waals surface area (Å²) < 4.78 is 0.896. The van der Waals surface area contributed by atoms with E-state index in [1.54, 1.807) is 6.07 Å². The fourth-order valence-electron chi connectivity index (χ4n) is 2.94. The van der Waals surface area contributed by atoms with Gasteiger partial charge in [-0.2, -0.15) is 0 Å². The molecule has 0 radical (unpaired) electrons. The van der Waals surface area contributed by atoms with Gasteiger partial charge < -0.3 is 10.2 Å². The lowest BCUT2D eigenvalue weighted by molar-refractivity contribution is 0.0702. The summed E-state index contributed by atoms with van der Waals surface area (Å²) >= 11 is 9.65. The summed E-state index contributed by atoms with van der Waals surface area (Å²) in [5.41, 5.74) is 0.617. The van der Waals surface area contributed by atoms with Crippen molar-refractivity contribution in [3.63, 3.8) is 0 Å². The summed E-state index contributed by atoms with van der Waals surface area (Å²) in [6.07, 6.45) is 4.57. The number of hydrogen-bond acceptors (Lipinski definition) is 2. The van der Waals surface area contributed by atoms with Crippen LogP contribution in [0.2, 0.25) is 5.02 Å². The van der Waals surface area contributed by atoms with Crippen LogP contribution in [0.5, 0.6) is 0 Å². The van der Waals surface area contributed by atoms with E-state index in [9.17, 15) is 4.79 Å². The van der Waals surface area contributed by atoms with Gasteiger partial charge in [0.15, 0.2) is 0 Å². The molecule has 3 rings (SSSR count). The molecule has 2 aliphatic rings. The highest BCUT2D eigenvalue weighted by molar-refractivity contribution is 9.10. The lowest BCUT2D eigenvalue weighted by Crippen LogP contribution is -2.40. The fraction of sp³-hybridized carbons (Fsp3) is 0.562. The van der Waals surface area contributed by atoms with Crippen molar-refractivity contribution in [1.82, 2.24) is 10.2 Å². The van der Waals surface area contributed by atoms with E-state index in [4.69, 9.17) is 11.6 Å². The third-order valence-electron chi connectivity index (χ3n) is 4.32. The molecule has 1 N–H and O–H groups in total. The minimum atomic E-state index is 0.0855. The second-order valence-electron chi connectivity index (χ2n) is 6.01. The largest absolute Gasteiger partial charge is 0.335 e. The monoisotopic (exact) mass is 370 g/mol. The molecule has 21 heavy (non-hydrogen) atoms. The van der Waals surface area contributed by atoms with E-state index in [1.165, 1.54) is 0 Å². The summed E-state index contributed by atoms with van der Waals surface area (Å²) in [5, 5.41) is 3.92. The standard InChI is InChI=1S/C16H20BrClN2O/c17-12-1-4-15(18)14(9-12)16(21)20(13-2-3-13)10-11-5-7-19-8-6-11/h1,4,9,11,13,19H,2-3,5-8,10H2. The Morgan fingerprint density at radius 3 is 2.67 bits per heavy atom. The van der Waals surface area contributed by atoms with Crippen LogP contribution in [0, 0.1) is 5.92 Å². The van der Waals surface area contributed by atoms with Gasteiger partial charge >= 0.3 is 0 Å². The second kappa shape index (κ2) is 6.67. The van der Waals surface area contributed by atoms with Crippen LogP contribution < -0.4 is 5.32 Å². The maximum Gasteiger partial charge on any atom is 0.255 e. The first-order valence-electron chi connectivity index (χ1n) is 7.62. The Hall–Kier alpha value is -0.580. The van der Waals surface area contributed by atoms with E-state index in [0.29, 0.717) is 22.5 Å². The number of amides is 1. The lowest BCUT2D eigenvalue weighted by Gasteiger charge is -2.30. The molecule has 1 aliphatic heterocycles. The van der Waals surface area contributed by atoms with Gasteiger partial charge in [-0.15, -0.1) is 0 Å². The van der Waals surface area contributed by atoms with Crippen LogP contribution in [0.1, 0.15) is 36.0 Å². The van der Waals surface area contributed by atoms with E-state index >= 15 is 0 Å². The molecule has 0 aromatic heterocycles. The van der Waals surface area contributed by atoms with Gasteiger partial charge in [-0.3, -0.25) is 4.79 Å². The molecule has 114 valence electrons. The quantitative estimate of drug-likeness (QED) is 0.875. The zero-order valence-electron chi connectivity index (χ0n) is 11.9. The van der Waals surface area contributed by atoms with Gasteiger partial charge in [0.05, 0.1) is 10.6 Å². The maximum absolute atomic E-state index is 12.9. The van der Waals surface area contributed by atoms with E-state index in [2.05, 4.69) is 26.1 Å². The van der Waals surface area contributed by atoms with Crippen LogP contribution in [0.3, 0.4) is 0 Å². The van der Waals surface area contributed by atoms with Crippen molar-refractivity contribution in [2.45, 2.75) is 31.7 Å². The molecule has 1 saturated heterocycles. The molecule has 0 atom stereocenters. The van der Waals surface area contributed by atoms with Crippen molar-refractivity contribution >= 4 is 33.4 Å². The Labute approximate surface area is 139 Å². The number of nitrogens with one attached hydrogen (secondary N) is 1. The molecule has 1 saturated carbocycles. The molecule has 0 bridgehead atoms. The summed E-state index contributed by atoms with van der Waals surface area (Å²) in [4.78, 5) is 14.9. The van der Waals surface area contributed by atoms with Crippen molar-refractivity contribution in [3.8, 4) is 0 Å². The van der Waals surface area contributed by atoms with Crippen LogP contribution in [-0.4, -0.2) is 36.5 Å². The number of halogens is 2. The van der Waals surface area contributed by atoms with E-state index in [-0.39, 0.29) is 5.91 Å². The highest BCUT2D eigenvalue weighted by atomic mass is 79.9. The molecule has 1 aromatic carbocycles. The third-order valence-corrected chi connectivity index (χ3v) is 5.14. The molecule has 1 aliphatic carbocycles. The fourth-order valence-corrected chi connectivity index (χ4v) is 3.50. The average Bonchev–Trinajstić information content (AvgIpc) is 3.32. The molecular weight excluding hydrogens is 352 g/mol. The number of rotatable bonds is 4. The Morgan fingerprint density at radius 2 is 2.00 bits per heavy atom. The van der Waals surface area contributed by atoms with Gasteiger partial charge in [0.25, 0.3) is 5.91 Å². The summed E-state index contributed by atoms with van der Waals surface area (Å²) in [6.45, 7) is 3.00. The molecule has 3 nitrogen and oxygen atoms in total. The first kappa shape index (κ1) is 15.3. The van der Waals surface area contributed by atoms with Crippen molar-refractivity contribution < 1.29 is 4.79 Å². The first-order chi connectivity index (χ1) is 10.1. The highest BCUT2D eigenvalue weighted by Gasteiger charge is 2.35. The van der Waals surface area contributed by atoms with Crippen LogP contribution in [0.4, 0.5) is 0 Å². The molecule has 2 fully saturated rings. The third kappa shape index (κ3) is 3.79. The Morgan fingerprint density at radius 1 is 1.29 bits per heavy atom. The molecule has 0 spiro atoms. The summed E-state index contributed by atoms with van der Waals surface area (Å²) in [7, 11) is 0. The minimum Gasteiger partial charge on any atom is -0.335 e. The Balaban J connectivity index is 1.76. The normalized spacial score (nSPS) is 19.5. The second-order valence-corrected chi connectivity index (χ2v) is 7.33. The zero-order valence-corrected chi connectivity index (χ0v) is 14.3. The van der Waals surface area contributed by atoms with Crippen LogP contribution in [-0.2, 0) is 0 Å². The molecule has 0 unspecified atom stereocenters. The van der Waals surface area contributed by atoms with Gasteiger partial charge in [-0.1, -0.05) is 27.5 Å². The van der Waals surface area contributed by atoms with Gasteiger partial charge in [-0.05, 0) is 62.9 Å². The smallest absolute Gasteiger partial charge is 0.255 e. The minimum absolute atomic E-state index is 0.0855. The van der Waals surface area contributed by atoms with E-state index in [1.807, 2.05) is 12.1 Å². The summed E-state index contributed by atoms with van der Waals surface area (Å²) in [6, 6.07) is 5.91. The first-order valence-corrected chi connectivity index (χ1v) is 8.79. The Kier molecular flexibility index (Phi) is 4.87. The predicted octanol–water partition coefficient (Wildman–Crippen LogP) is 3.71. The van der Waals surface area contributed by atoms with Crippen LogP contribution in [0.15, 0.2) is 22.7 Å². The van der Waals surface area contributed by atoms with Gasteiger partial charge in [0, 0.05) is 17.1 Å². The number of carbonyl (C=O) groups excluding carboxylic acids is 1. The lowest BCUT2D eigenvalue weighted by atomic mass is 9.97. The van der Waals surface area contributed by atoms with Gasteiger partial charge in [0.1, 0.15) is 0 Å². The number of carbonyl (C=O) groups is 1. The molecule has 1 aromatic rings. The molecule has 1 amide bonds. The van der Waals surface area contributed by atoms with Crippen molar-refractivity contribution in [1.29, 1.82) is 0 Å². The highest BCUT2D eigenvalue weighted by Crippen LogP contribution is 2.32. The number of hydrogen-bond donors (Lipinski definition) is 1. The van der Waals surface area contributed by atoms with Crippen molar-refractivity contribution in [3.05, 3.63) is 33.3 Å². The number of nitrogens with zero attached hydrogens (tertiary/aromatic N) is 1. The topological polar surface area (TPSA) is 32.3 Å². The molecular formula is C16H20BrClN2O. The number of piperidine rings is 1. The molecule has 1 heterocycles. The Bertz CT molecular complexity index is 527. The van der Waals surface area contributed by atoms with E-state index < -0.39 is 0 Å². The van der Waals surface area contributed by atoms with E-state index in [0.717, 1.165) is 49.8 Å². The van der Waals surface area contributed by atoms with Gasteiger partial charge in [-0.25, -0.2) is 0 Å². The zero-order chi connectivity index (χ0) is 14.8. The van der Waals surface area contributed by atoms with Crippen LogP contribution >= 0.6 is 27.5 Å². The average molecular weight is 372 g/mol. The number of benzene rings is 1. The summed E-state index contributed by atoms with van der Waals surface area (Å²) in [5.74, 6) is 0.698.